The second-order valence-electron chi connectivity index (χ2n) is 9.80. The number of pyridine rings is 2. The first-order chi connectivity index (χ1) is 14.3. The summed E-state index contributed by atoms with van der Waals surface area (Å²) in [6.07, 6.45) is 26.0. The monoisotopic (exact) mass is 406 g/mol. The van der Waals surface area contributed by atoms with E-state index in [1.165, 1.54) is 77.0 Å². The molecule has 3 heteroatoms. The van der Waals surface area contributed by atoms with Crippen LogP contribution in [0.25, 0.3) is 0 Å². The fourth-order valence-corrected chi connectivity index (χ4v) is 8.35. The van der Waals surface area contributed by atoms with Crippen LogP contribution < -0.4 is 9.13 Å². The molecule has 4 heterocycles. The Labute approximate surface area is 179 Å². The Balaban J connectivity index is 1.20. The average Bonchev–Trinajstić information content (AvgIpc) is 2.79. The van der Waals surface area contributed by atoms with Crippen molar-refractivity contribution < 1.29 is 9.13 Å². The molecule has 2 aliphatic heterocycles. The van der Waals surface area contributed by atoms with Crippen LogP contribution >= 0.6 is 11.8 Å². The van der Waals surface area contributed by atoms with E-state index in [9.17, 15) is 0 Å². The molecule has 2 aliphatic carbocycles. The van der Waals surface area contributed by atoms with Gasteiger partial charge in [0.1, 0.15) is 0 Å². The summed E-state index contributed by atoms with van der Waals surface area (Å²) in [7, 11) is 0. The number of rotatable bonds is 2. The fraction of sp³-hybridized carbons (Fsp3) is 0.615. The molecule has 4 unspecified atom stereocenters. The maximum Gasteiger partial charge on any atom is 0.172 e. The Hall–Kier alpha value is -1.35. The van der Waals surface area contributed by atoms with Crippen molar-refractivity contribution in [3.05, 3.63) is 59.2 Å². The zero-order valence-electron chi connectivity index (χ0n) is 17.6. The number of hydrogen-bond donors (Lipinski definition) is 0. The highest BCUT2D eigenvalue weighted by atomic mass is 32.2. The van der Waals surface area contributed by atoms with Gasteiger partial charge in [0, 0.05) is 36.1 Å². The van der Waals surface area contributed by atoms with Crippen LogP contribution in [-0.4, -0.2) is 10.5 Å². The van der Waals surface area contributed by atoms with Gasteiger partial charge in [-0.15, -0.1) is 11.8 Å². The largest absolute Gasteiger partial charge is 0.201 e. The van der Waals surface area contributed by atoms with Crippen molar-refractivity contribution in [1.29, 1.82) is 0 Å². The van der Waals surface area contributed by atoms with Gasteiger partial charge in [-0.1, -0.05) is 0 Å². The van der Waals surface area contributed by atoms with Gasteiger partial charge in [-0.2, -0.15) is 0 Å². The van der Waals surface area contributed by atoms with Crippen LogP contribution in [0.3, 0.4) is 0 Å². The van der Waals surface area contributed by atoms with Crippen molar-refractivity contribution >= 4 is 11.8 Å². The standard InChI is InChI=1S/C26H34N2S/c1-3-7-21-17-27(15-13-19(21)5-1)23-9-11-26-24(10-12-25(23)29-26)28-16-14-20-6-2-4-8-22(20)18-28/h13-18,23-26H,1-12H2/q+2. The van der Waals surface area contributed by atoms with Gasteiger partial charge in [-0.05, 0) is 75.3 Å². The lowest BCUT2D eigenvalue weighted by Crippen LogP contribution is -2.54. The minimum atomic E-state index is 0.706. The lowest BCUT2D eigenvalue weighted by atomic mass is 9.89. The number of hydrogen-bond acceptors (Lipinski definition) is 1. The van der Waals surface area contributed by atoms with E-state index < -0.39 is 0 Å². The first-order valence-corrected chi connectivity index (χ1v) is 13.0. The normalized spacial score (nSPS) is 31.0. The van der Waals surface area contributed by atoms with E-state index in [0.29, 0.717) is 12.1 Å². The van der Waals surface area contributed by atoms with E-state index >= 15 is 0 Å². The number of aryl methyl sites for hydroxylation is 4. The topological polar surface area (TPSA) is 7.76 Å². The average molecular weight is 407 g/mol. The molecule has 6 rings (SSSR count). The molecule has 0 N–H and O–H groups in total. The number of nitrogens with zero attached hydrogens (tertiary/aromatic N) is 2. The molecule has 2 saturated heterocycles. The Morgan fingerprint density at radius 1 is 0.586 bits per heavy atom. The molecule has 0 saturated carbocycles. The predicted octanol–water partition coefficient (Wildman–Crippen LogP) is 4.86. The van der Waals surface area contributed by atoms with Crippen LogP contribution in [-0.2, 0) is 25.7 Å². The first kappa shape index (κ1) is 18.4. The molecule has 4 aliphatic rings. The van der Waals surface area contributed by atoms with Gasteiger partial charge in [-0.3, -0.25) is 0 Å². The summed E-state index contributed by atoms with van der Waals surface area (Å²) in [6.45, 7) is 0. The molecule has 0 spiro atoms. The molecule has 29 heavy (non-hydrogen) atoms. The molecule has 2 fully saturated rings. The van der Waals surface area contributed by atoms with Gasteiger partial charge in [0.05, 0.1) is 10.5 Å². The van der Waals surface area contributed by atoms with E-state index in [1.807, 2.05) is 0 Å². The minimum absolute atomic E-state index is 0.706. The number of fused-ring (bicyclic) bond motifs is 4. The van der Waals surface area contributed by atoms with Gasteiger partial charge >= 0.3 is 0 Å². The third-order valence-corrected chi connectivity index (χ3v) is 9.88. The van der Waals surface area contributed by atoms with Gasteiger partial charge in [0.15, 0.2) is 36.9 Å². The van der Waals surface area contributed by atoms with E-state index in [2.05, 4.69) is 57.8 Å². The molecular formula is C26H34N2S+2. The van der Waals surface area contributed by atoms with Crippen molar-refractivity contribution in [2.24, 2.45) is 0 Å². The lowest BCUT2D eigenvalue weighted by molar-refractivity contribution is -0.733. The quantitative estimate of drug-likeness (QED) is 0.647. The molecule has 152 valence electrons. The van der Waals surface area contributed by atoms with Gasteiger partial charge in [0.25, 0.3) is 0 Å². The maximum absolute atomic E-state index is 2.60. The molecule has 2 aromatic rings. The van der Waals surface area contributed by atoms with E-state index in [1.54, 1.807) is 22.3 Å². The molecule has 0 amide bonds. The molecular weight excluding hydrogens is 372 g/mol. The highest BCUT2D eigenvalue weighted by Gasteiger charge is 2.46. The molecule has 4 atom stereocenters. The van der Waals surface area contributed by atoms with Crippen LogP contribution in [0.2, 0.25) is 0 Å². The third kappa shape index (κ3) is 3.44. The van der Waals surface area contributed by atoms with E-state index in [0.717, 1.165) is 10.5 Å². The molecule has 0 aromatic carbocycles. The Kier molecular flexibility index (Phi) is 4.91. The van der Waals surface area contributed by atoms with Gasteiger partial charge in [0.2, 0.25) is 0 Å². The van der Waals surface area contributed by atoms with Crippen molar-refractivity contribution in [1.82, 2.24) is 0 Å². The molecule has 2 aromatic heterocycles. The first-order valence-electron chi connectivity index (χ1n) is 12.1. The highest BCUT2D eigenvalue weighted by Crippen LogP contribution is 2.47. The second-order valence-corrected chi connectivity index (χ2v) is 11.3. The van der Waals surface area contributed by atoms with Crippen LogP contribution in [0.4, 0.5) is 0 Å². The molecule has 0 radical (unpaired) electrons. The summed E-state index contributed by atoms with van der Waals surface area (Å²) in [5.41, 5.74) is 6.48. The zero-order chi connectivity index (χ0) is 19.2. The van der Waals surface area contributed by atoms with E-state index in [4.69, 9.17) is 0 Å². The Bertz CT molecular complexity index is 834. The van der Waals surface area contributed by atoms with Crippen LogP contribution in [0, 0.1) is 0 Å². The smallest absolute Gasteiger partial charge is 0.172 e. The van der Waals surface area contributed by atoms with Gasteiger partial charge in [-0.25, -0.2) is 9.13 Å². The van der Waals surface area contributed by atoms with Crippen molar-refractivity contribution in [2.75, 3.05) is 0 Å². The number of aromatic nitrogens is 2. The summed E-state index contributed by atoms with van der Waals surface area (Å²) < 4.78 is 5.20. The lowest BCUT2D eigenvalue weighted by Gasteiger charge is -2.39. The minimum Gasteiger partial charge on any atom is -0.201 e. The van der Waals surface area contributed by atoms with E-state index in [-0.39, 0.29) is 0 Å². The third-order valence-electron chi connectivity index (χ3n) is 8.08. The zero-order valence-corrected chi connectivity index (χ0v) is 18.4. The second kappa shape index (κ2) is 7.72. The summed E-state index contributed by atoms with van der Waals surface area (Å²) >= 11 is 2.31. The van der Waals surface area contributed by atoms with Crippen molar-refractivity contribution in [3.63, 3.8) is 0 Å². The summed E-state index contributed by atoms with van der Waals surface area (Å²) in [4.78, 5) is 0. The molecule has 2 bridgehead atoms. The molecule has 2 nitrogen and oxygen atoms in total. The van der Waals surface area contributed by atoms with Crippen molar-refractivity contribution in [2.45, 2.75) is 99.6 Å². The fourth-order valence-electron chi connectivity index (χ4n) is 6.44. The van der Waals surface area contributed by atoms with Crippen LogP contribution in [0.1, 0.15) is 85.7 Å². The summed E-state index contributed by atoms with van der Waals surface area (Å²) in [5.74, 6) is 0. The van der Waals surface area contributed by atoms with Crippen LogP contribution in [0.15, 0.2) is 36.9 Å². The predicted molar refractivity (Wildman–Crippen MR) is 118 cm³/mol. The van der Waals surface area contributed by atoms with Crippen molar-refractivity contribution in [3.8, 4) is 0 Å². The number of thioether (sulfide) groups is 1. The Morgan fingerprint density at radius 3 is 1.52 bits per heavy atom. The Morgan fingerprint density at radius 2 is 1.03 bits per heavy atom. The maximum atomic E-state index is 2.60. The SMILES string of the molecule is c1c[n+](C2CCC3SC2CCC3[n+]2ccc3c(c2)CCCC3)cc2c1CCCC2. The van der Waals surface area contributed by atoms with Crippen LogP contribution in [0.5, 0.6) is 0 Å². The van der Waals surface area contributed by atoms with Gasteiger partial charge < -0.3 is 0 Å². The summed E-state index contributed by atoms with van der Waals surface area (Å²) in [6, 6.07) is 6.27. The summed E-state index contributed by atoms with van der Waals surface area (Å²) in [5, 5.41) is 1.60. The highest BCUT2D eigenvalue weighted by molar-refractivity contribution is 8.00.